The van der Waals surface area contributed by atoms with Gasteiger partial charge in [0.2, 0.25) is 5.91 Å². The number of aliphatic hydroxyl groups excluding tert-OH is 1. The van der Waals surface area contributed by atoms with Crippen molar-refractivity contribution in [3.63, 3.8) is 0 Å². The Morgan fingerprint density at radius 2 is 2.06 bits per heavy atom. The van der Waals surface area contributed by atoms with E-state index in [1.54, 1.807) is 24.3 Å². The van der Waals surface area contributed by atoms with Crippen LogP contribution in [0.4, 0.5) is 5.69 Å². The molecule has 0 aliphatic rings. The van der Waals surface area contributed by atoms with Crippen LogP contribution < -0.4 is 11.1 Å². The minimum absolute atomic E-state index is 0.00941. The van der Waals surface area contributed by atoms with Crippen LogP contribution in [0.25, 0.3) is 0 Å². The zero-order chi connectivity index (χ0) is 12.7. The van der Waals surface area contributed by atoms with Gasteiger partial charge in [-0.2, -0.15) is 0 Å². The van der Waals surface area contributed by atoms with Crippen LogP contribution in [-0.2, 0) is 11.4 Å². The van der Waals surface area contributed by atoms with Crippen LogP contribution in [0.3, 0.4) is 0 Å². The first-order chi connectivity index (χ1) is 8.21. The van der Waals surface area contributed by atoms with Gasteiger partial charge in [-0.25, -0.2) is 0 Å². The molecule has 1 aromatic carbocycles. The summed E-state index contributed by atoms with van der Waals surface area (Å²) in [4.78, 5) is 11.8. The fourth-order valence-electron chi connectivity index (χ4n) is 1.64. The lowest BCUT2D eigenvalue weighted by Crippen LogP contribution is -2.29. The first-order valence-corrected chi connectivity index (χ1v) is 5.92. The zero-order valence-corrected chi connectivity index (χ0v) is 10.1. The number of amides is 1. The van der Waals surface area contributed by atoms with E-state index in [1.807, 2.05) is 6.92 Å². The lowest BCUT2D eigenvalue weighted by atomic mass is 10.0. The molecule has 1 atom stereocenters. The van der Waals surface area contributed by atoms with Crippen LogP contribution in [0, 0.1) is 5.92 Å². The van der Waals surface area contributed by atoms with Gasteiger partial charge in [-0.3, -0.25) is 4.79 Å². The van der Waals surface area contributed by atoms with Crippen molar-refractivity contribution in [3.8, 4) is 0 Å². The molecule has 0 aliphatic heterocycles. The first kappa shape index (κ1) is 13.7. The van der Waals surface area contributed by atoms with Gasteiger partial charge in [-0.05, 0) is 24.1 Å². The van der Waals surface area contributed by atoms with Gasteiger partial charge in [0.05, 0.1) is 12.5 Å². The zero-order valence-electron chi connectivity index (χ0n) is 10.1. The van der Waals surface area contributed by atoms with Crippen molar-refractivity contribution in [2.75, 3.05) is 11.9 Å². The summed E-state index contributed by atoms with van der Waals surface area (Å²) in [5.41, 5.74) is 7.13. The minimum Gasteiger partial charge on any atom is -0.392 e. The van der Waals surface area contributed by atoms with Crippen LogP contribution >= 0.6 is 0 Å². The molecule has 4 N–H and O–H groups in total. The quantitative estimate of drug-likeness (QED) is 0.700. The second-order valence-corrected chi connectivity index (χ2v) is 4.07. The predicted molar refractivity (Wildman–Crippen MR) is 68.4 cm³/mol. The summed E-state index contributed by atoms with van der Waals surface area (Å²) < 4.78 is 0. The molecule has 1 rings (SSSR count). The summed E-state index contributed by atoms with van der Waals surface area (Å²) in [7, 11) is 0. The molecular weight excluding hydrogens is 216 g/mol. The monoisotopic (exact) mass is 236 g/mol. The molecule has 1 unspecified atom stereocenters. The maximum absolute atomic E-state index is 11.8. The summed E-state index contributed by atoms with van der Waals surface area (Å²) in [6.07, 6.45) is 1.75. The number of carbonyl (C=O) groups is 1. The Bertz CT molecular complexity index is 349. The smallest absolute Gasteiger partial charge is 0.228 e. The Morgan fingerprint density at radius 1 is 1.41 bits per heavy atom. The number of hydrogen-bond acceptors (Lipinski definition) is 3. The number of carbonyl (C=O) groups excluding carboxylic acids is 1. The third-order valence-electron chi connectivity index (χ3n) is 2.70. The van der Waals surface area contributed by atoms with E-state index in [4.69, 9.17) is 10.8 Å². The Hall–Kier alpha value is -1.39. The van der Waals surface area contributed by atoms with Gasteiger partial charge in [-0.15, -0.1) is 0 Å². The summed E-state index contributed by atoms with van der Waals surface area (Å²) in [6, 6.07) is 7.13. The second kappa shape index (κ2) is 7.04. The molecule has 4 nitrogen and oxygen atoms in total. The SMILES string of the molecule is CCCC(CN)C(=O)Nc1ccc(CO)cc1. The van der Waals surface area contributed by atoms with E-state index in [2.05, 4.69) is 5.32 Å². The fraction of sp³-hybridized carbons (Fsp3) is 0.462. The lowest BCUT2D eigenvalue weighted by molar-refractivity contribution is -0.119. The molecule has 0 spiro atoms. The lowest BCUT2D eigenvalue weighted by Gasteiger charge is -2.14. The third-order valence-corrected chi connectivity index (χ3v) is 2.70. The number of rotatable bonds is 6. The van der Waals surface area contributed by atoms with E-state index >= 15 is 0 Å². The number of nitrogens with two attached hydrogens (primary N) is 1. The van der Waals surface area contributed by atoms with Crippen molar-refractivity contribution in [1.82, 2.24) is 0 Å². The maximum atomic E-state index is 11.8. The minimum atomic E-state index is -0.127. The molecule has 1 amide bonds. The molecule has 0 bridgehead atoms. The molecule has 0 fully saturated rings. The Labute approximate surface area is 102 Å². The van der Waals surface area contributed by atoms with Crippen LogP contribution in [0.15, 0.2) is 24.3 Å². The summed E-state index contributed by atoms with van der Waals surface area (Å²) in [5.74, 6) is -0.163. The molecule has 1 aromatic rings. The molecule has 0 aliphatic carbocycles. The van der Waals surface area contributed by atoms with Crippen molar-refractivity contribution in [2.24, 2.45) is 11.7 Å². The average Bonchev–Trinajstić information content (AvgIpc) is 2.36. The van der Waals surface area contributed by atoms with Gasteiger partial charge in [0.15, 0.2) is 0 Å². The number of benzene rings is 1. The molecule has 0 aromatic heterocycles. The molecule has 4 heteroatoms. The van der Waals surface area contributed by atoms with Crippen molar-refractivity contribution in [2.45, 2.75) is 26.4 Å². The highest BCUT2D eigenvalue weighted by Gasteiger charge is 2.15. The normalized spacial score (nSPS) is 12.2. The maximum Gasteiger partial charge on any atom is 0.228 e. The van der Waals surface area contributed by atoms with Gasteiger partial charge in [0.25, 0.3) is 0 Å². The number of aliphatic hydroxyl groups is 1. The van der Waals surface area contributed by atoms with E-state index in [9.17, 15) is 4.79 Å². The molecule has 0 saturated heterocycles. The van der Waals surface area contributed by atoms with Crippen LogP contribution in [0.5, 0.6) is 0 Å². The standard InChI is InChI=1S/C13H20N2O2/c1-2-3-11(8-14)13(17)15-12-6-4-10(9-16)5-7-12/h4-7,11,16H,2-3,8-9,14H2,1H3,(H,15,17). The van der Waals surface area contributed by atoms with Crippen molar-refractivity contribution < 1.29 is 9.90 Å². The van der Waals surface area contributed by atoms with Gasteiger partial charge < -0.3 is 16.2 Å². The van der Waals surface area contributed by atoms with Crippen LogP contribution in [0.2, 0.25) is 0 Å². The summed E-state index contributed by atoms with van der Waals surface area (Å²) in [6.45, 7) is 2.41. The van der Waals surface area contributed by atoms with E-state index < -0.39 is 0 Å². The summed E-state index contributed by atoms with van der Waals surface area (Å²) in [5, 5.41) is 11.7. The molecule has 94 valence electrons. The highest BCUT2D eigenvalue weighted by molar-refractivity contribution is 5.92. The number of nitrogens with one attached hydrogen (secondary N) is 1. The highest BCUT2D eigenvalue weighted by atomic mass is 16.3. The molecule has 0 saturated carbocycles. The Morgan fingerprint density at radius 3 is 2.53 bits per heavy atom. The van der Waals surface area contributed by atoms with Crippen molar-refractivity contribution >= 4 is 11.6 Å². The van der Waals surface area contributed by atoms with Gasteiger partial charge in [-0.1, -0.05) is 25.5 Å². The van der Waals surface area contributed by atoms with E-state index in [0.29, 0.717) is 6.54 Å². The van der Waals surface area contributed by atoms with Crippen LogP contribution in [-0.4, -0.2) is 17.6 Å². The molecule has 0 radical (unpaired) electrons. The van der Waals surface area contributed by atoms with E-state index in [0.717, 1.165) is 24.1 Å². The van der Waals surface area contributed by atoms with Crippen molar-refractivity contribution in [1.29, 1.82) is 0 Å². The number of hydrogen-bond donors (Lipinski definition) is 3. The Balaban J connectivity index is 2.59. The van der Waals surface area contributed by atoms with Gasteiger partial charge in [0, 0.05) is 12.2 Å². The van der Waals surface area contributed by atoms with E-state index in [-0.39, 0.29) is 18.4 Å². The summed E-state index contributed by atoms with van der Waals surface area (Å²) >= 11 is 0. The Kier molecular flexibility index (Phi) is 5.66. The van der Waals surface area contributed by atoms with Crippen LogP contribution in [0.1, 0.15) is 25.3 Å². The van der Waals surface area contributed by atoms with Gasteiger partial charge in [0.1, 0.15) is 0 Å². The van der Waals surface area contributed by atoms with Gasteiger partial charge >= 0.3 is 0 Å². The first-order valence-electron chi connectivity index (χ1n) is 5.92. The molecule has 17 heavy (non-hydrogen) atoms. The molecule has 0 heterocycles. The molecular formula is C13H20N2O2. The number of anilines is 1. The van der Waals surface area contributed by atoms with Crippen molar-refractivity contribution in [3.05, 3.63) is 29.8 Å². The fourth-order valence-corrected chi connectivity index (χ4v) is 1.64. The topological polar surface area (TPSA) is 75.4 Å². The van der Waals surface area contributed by atoms with E-state index in [1.165, 1.54) is 0 Å². The predicted octanol–water partition coefficient (Wildman–Crippen LogP) is 1.49. The highest BCUT2D eigenvalue weighted by Crippen LogP contribution is 2.12. The third kappa shape index (κ3) is 4.17. The average molecular weight is 236 g/mol. The largest absolute Gasteiger partial charge is 0.392 e. The second-order valence-electron chi connectivity index (χ2n) is 4.07.